The summed E-state index contributed by atoms with van der Waals surface area (Å²) in [5.41, 5.74) is 1.35. The first-order valence-corrected chi connectivity index (χ1v) is 10.5. The van der Waals surface area contributed by atoms with E-state index >= 15 is 0 Å². The number of rotatable bonds is 3. The molecule has 2 heterocycles. The molecule has 160 valence electrons. The summed E-state index contributed by atoms with van der Waals surface area (Å²) in [7, 11) is 0. The molecule has 0 saturated carbocycles. The molecule has 0 radical (unpaired) electrons. The first kappa shape index (κ1) is 21.2. The SMILES string of the molecule is Cc1cc([C@H]2OC(=O)N3[C@H](c4cc(CF)ccc4Br)CCC[C@@H]23)cc(C(F)(F)F)c1. The van der Waals surface area contributed by atoms with E-state index in [-0.39, 0.29) is 12.1 Å². The van der Waals surface area contributed by atoms with Crippen LogP contribution in [0.15, 0.2) is 40.9 Å². The number of alkyl halides is 4. The van der Waals surface area contributed by atoms with Crippen LogP contribution < -0.4 is 0 Å². The van der Waals surface area contributed by atoms with Crippen LogP contribution in [0.4, 0.5) is 22.4 Å². The molecule has 8 heteroatoms. The van der Waals surface area contributed by atoms with E-state index < -0.39 is 30.6 Å². The van der Waals surface area contributed by atoms with E-state index in [2.05, 4.69) is 15.9 Å². The van der Waals surface area contributed by atoms with Gasteiger partial charge in [-0.05, 0) is 67.1 Å². The number of benzene rings is 2. The van der Waals surface area contributed by atoms with E-state index in [4.69, 9.17) is 4.74 Å². The number of cyclic esters (lactones) is 1. The van der Waals surface area contributed by atoms with Crippen molar-refractivity contribution < 1.29 is 27.1 Å². The molecule has 2 fully saturated rings. The third-order valence-electron chi connectivity index (χ3n) is 5.79. The molecule has 30 heavy (non-hydrogen) atoms. The van der Waals surface area contributed by atoms with Gasteiger partial charge in [0.05, 0.1) is 17.6 Å². The van der Waals surface area contributed by atoms with Gasteiger partial charge < -0.3 is 4.74 Å². The van der Waals surface area contributed by atoms with Crippen molar-refractivity contribution in [1.82, 2.24) is 4.90 Å². The van der Waals surface area contributed by atoms with Gasteiger partial charge in [0.25, 0.3) is 0 Å². The maximum Gasteiger partial charge on any atom is 0.416 e. The number of piperidine rings is 1. The van der Waals surface area contributed by atoms with E-state index in [0.717, 1.165) is 28.6 Å². The molecule has 0 spiro atoms. The topological polar surface area (TPSA) is 29.5 Å². The molecule has 4 rings (SSSR count). The Morgan fingerprint density at radius 3 is 2.63 bits per heavy atom. The van der Waals surface area contributed by atoms with Crippen molar-refractivity contribution in [3.8, 4) is 0 Å². The fourth-order valence-corrected chi connectivity index (χ4v) is 5.02. The lowest BCUT2D eigenvalue weighted by atomic mass is 9.87. The van der Waals surface area contributed by atoms with Crippen LogP contribution in [0.1, 0.15) is 59.2 Å². The summed E-state index contributed by atoms with van der Waals surface area (Å²) in [6.45, 7) is 0.976. The maximum atomic E-state index is 13.3. The molecular formula is C22H20BrF4NO2. The van der Waals surface area contributed by atoms with E-state index in [1.807, 2.05) is 0 Å². The summed E-state index contributed by atoms with van der Waals surface area (Å²) < 4.78 is 59.4. The summed E-state index contributed by atoms with van der Waals surface area (Å²) in [5, 5.41) is 0. The lowest BCUT2D eigenvalue weighted by Crippen LogP contribution is -2.41. The smallest absolute Gasteiger partial charge is 0.416 e. The van der Waals surface area contributed by atoms with Crippen molar-refractivity contribution >= 4 is 22.0 Å². The van der Waals surface area contributed by atoms with Crippen molar-refractivity contribution in [3.63, 3.8) is 0 Å². The van der Waals surface area contributed by atoms with Gasteiger partial charge in [-0.2, -0.15) is 13.2 Å². The fraction of sp³-hybridized carbons (Fsp3) is 0.409. The molecular weight excluding hydrogens is 466 g/mol. The molecule has 0 aromatic heterocycles. The van der Waals surface area contributed by atoms with Crippen LogP contribution >= 0.6 is 15.9 Å². The number of nitrogens with zero attached hydrogens (tertiary/aromatic N) is 1. The van der Waals surface area contributed by atoms with Gasteiger partial charge >= 0.3 is 12.3 Å². The van der Waals surface area contributed by atoms with Crippen LogP contribution in [0.5, 0.6) is 0 Å². The Labute approximate surface area is 180 Å². The van der Waals surface area contributed by atoms with Gasteiger partial charge in [0, 0.05) is 4.47 Å². The molecule has 2 aromatic rings. The molecule has 2 saturated heterocycles. The third kappa shape index (κ3) is 3.82. The Hall–Kier alpha value is -2.09. The van der Waals surface area contributed by atoms with Gasteiger partial charge in [-0.15, -0.1) is 0 Å². The number of carbonyl (C=O) groups excluding carboxylic acids is 1. The largest absolute Gasteiger partial charge is 0.439 e. The molecule has 1 amide bonds. The number of fused-ring (bicyclic) bond motifs is 1. The zero-order chi connectivity index (χ0) is 21.6. The van der Waals surface area contributed by atoms with Crippen LogP contribution in [0.25, 0.3) is 0 Å². The van der Waals surface area contributed by atoms with Gasteiger partial charge in [0.1, 0.15) is 12.8 Å². The minimum absolute atomic E-state index is 0.325. The predicted octanol–water partition coefficient (Wildman–Crippen LogP) is 7.03. The Morgan fingerprint density at radius 1 is 1.17 bits per heavy atom. The highest BCUT2D eigenvalue weighted by molar-refractivity contribution is 9.10. The van der Waals surface area contributed by atoms with Crippen molar-refractivity contribution in [2.75, 3.05) is 0 Å². The predicted molar refractivity (Wildman–Crippen MR) is 107 cm³/mol. The highest BCUT2D eigenvalue weighted by Crippen LogP contribution is 2.47. The summed E-state index contributed by atoms with van der Waals surface area (Å²) in [6, 6.07) is 8.24. The second kappa shape index (κ2) is 7.87. The molecule has 0 unspecified atom stereocenters. The van der Waals surface area contributed by atoms with E-state index in [0.29, 0.717) is 29.5 Å². The monoisotopic (exact) mass is 485 g/mol. The van der Waals surface area contributed by atoms with Crippen LogP contribution in [-0.2, 0) is 17.6 Å². The molecule has 0 N–H and O–H groups in total. The number of halogens is 5. The Balaban J connectivity index is 1.71. The lowest BCUT2D eigenvalue weighted by Gasteiger charge is -2.37. The number of aryl methyl sites for hydroxylation is 1. The Morgan fingerprint density at radius 2 is 1.93 bits per heavy atom. The third-order valence-corrected chi connectivity index (χ3v) is 6.51. The van der Waals surface area contributed by atoms with E-state index in [9.17, 15) is 22.4 Å². The number of hydrogen-bond donors (Lipinski definition) is 0. The first-order valence-electron chi connectivity index (χ1n) is 9.71. The lowest BCUT2D eigenvalue weighted by molar-refractivity contribution is -0.137. The quantitative estimate of drug-likeness (QED) is 0.436. The first-order chi connectivity index (χ1) is 14.2. The molecule has 0 bridgehead atoms. The van der Waals surface area contributed by atoms with Crippen LogP contribution in [0.3, 0.4) is 0 Å². The van der Waals surface area contributed by atoms with Gasteiger partial charge in [-0.25, -0.2) is 9.18 Å². The van der Waals surface area contributed by atoms with Crippen molar-refractivity contribution in [1.29, 1.82) is 0 Å². The van der Waals surface area contributed by atoms with Crippen molar-refractivity contribution in [3.05, 3.63) is 68.7 Å². The average molecular weight is 486 g/mol. The minimum atomic E-state index is -4.48. The van der Waals surface area contributed by atoms with E-state index in [1.165, 1.54) is 0 Å². The average Bonchev–Trinajstić information content (AvgIpc) is 3.04. The highest BCUT2D eigenvalue weighted by Gasteiger charge is 2.48. The molecule has 0 aliphatic carbocycles. The van der Waals surface area contributed by atoms with Crippen LogP contribution in [0, 0.1) is 6.92 Å². The zero-order valence-electron chi connectivity index (χ0n) is 16.2. The highest BCUT2D eigenvalue weighted by atomic mass is 79.9. The molecule has 2 aromatic carbocycles. The molecule has 2 aliphatic heterocycles. The van der Waals surface area contributed by atoms with Gasteiger partial charge in [-0.3, -0.25) is 4.90 Å². The molecule has 3 nitrogen and oxygen atoms in total. The number of hydrogen-bond acceptors (Lipinski definition) is 2. The Kier molecular flexibility index (Phi) is 5.55. The normalized spacial score (nSPS) is 24.0. The summed E-state index contributed by atoms with van der Waals surface area (Å²) in [6.07, 6.45) is -3.72. The van der Waals surface area contributed by atoms with Gasteiger partial charge in [0.15, 0.2) is 0 Å². The van der Waals surface area contributed by atoms with Crippen LogP contribution in [-0.4, -0.2) is 17.0 Å². The van der Waals surface area contributed by atoms with Crippen molar-refractivity contribution in [2.45, 2.75) is 57.2 Å². The second-order valence-electron chi connectivity index (χ2n) is 7.85. The summed E-state index contributed by atoms with van der Waals surface area (Å²) >= 11 is 3.49. The second-order valence-corrected chi connectivity index (χ2v) is 8.70. The number of carbonyl (C=O) groups is 1. The Bertz CT molecular complexity index is 978. The van der Waals surface area contributed by atoms with Crippen molar-refractivity contribution in [2.24, 2.45) is 0 Å². The fourth-order valence-electron chi connectivity index (χ4n) is 4.51. The number of amides is 1. The zero-order valence-corrected chi connectivity index (χ0v) is 17.8. The summed E-state index contributed by atoms with van der Waals surface area (Å²) in [5.74, 6) is 0. The standard InChI is InChI=1S/C22H20BrF4NO2/c1-12-7-14(10-15(8-12)22(25,26)27)20-19-4-2-3-18(28(19)21(29)30-20)16-9-13(11-24)5-6-17(16)23/h5-10,18-20H,2-4,11H2,1H3/t18-,19-,20+/m0/s1. The number of ether oxygens (including phenoxy) is 1. The molecule has 3 atom stereocenters. The summed E-state index contributed by atoms with van der Waals surface area (Å²) in [4.78, 5) is 14.4. The maximum absolute atomic E-state index is 13.3. The van der Waals surface area contributed by atoms with Gasteiger partial charge in [-0.1, -0.05) is 33.6 Å². The van der Waals surface area contributed by atoms with E-state index in [1.54, 1.807) is 36.1 Å². The van der Waals surface area contributed by atoms with Crippen LogP contribution in [0.2, 0.25) is 0 Å². The molecule has 2 aliphatic rings. The van der Waals surface area contributed by atoms with Gasteiger partial charge in [0.2, 0.25) is 0 Å². The minimum Gasteiger partial charge on any atom is -0.439 e.